The molecule has 1 aliphatic heterocycles. The second kappa shape index (κ2) is 6.43. The average Bonchev–Trinajstić information content (AvgIpc) is 2.93. The molecule has 3 rings (SSSR count). The number of carboxylic acid groups (broad SMARTS) is 1. The van der Waals surface area contributed by atoms with Crippen molar-refractivity contribution in [2.45, 2.75) is 13.1 Å². The van der Waals surface area contributed by atoms with Crippen LogP contribution in [0.2, 0.25) is 0 Å². The van der Waals surface area contributed by atoms with Crippen LogP contribution in [0.15, 0.2) is 48.5 Å². The zero-order valence-electron chi connectivity index (χ0n) is 13.3. The Morgan fingerprint density at radius 3 is 2.08 bits per heavy atom. The summed E-state index contributed by atoms with van der Waals surface area (Å²) in [6.07, 6.45) is -1.02. The Hall–Kier alpha value is -2.69. The van der Waals surface area contributed by atoms with Crippen LogP contribution in [0.3, 0.4) is 0 Å². The van der Waals surface area contributed by atoms with E-state index in [0.29, 0.717) is 23.2 Å². The quantitative estimate of drug-likeness (QED) is 0.939. The van der Waals surface area contributed by atoms with Gasteiger partial charge in [0.1, 0.15) is 6.17 Å². The first kappa shape index (κ1) is 16.2. The van der Waals surface area contributed by atoms with Gasteiger partial charge in [0.15, 0.2) is 0 Å². The number of carboxylic acids is 1. The Morgan fingerprint density at radius 2 is 1.54 bits per heavy atom. The van der Waals surface area contributed by atoms with E-state index in [1.165, 1.54) is 11.0 Å². The van der Waals surface area contributed by atoms with Gasteiger partial charge in [-0.25, -0.2) is 9.18 Å². The van der Waals surface area contributed by atoms with E-state index < -0.39 is 12.1 Å². The predicted molar refractivity (Wildman–Crippen MR) is 88.8 cm³/mol. The van der Waals surface area contributed by atoms with Gasteiger partial charge in [-0.1, -0.05) is 43.3 Å². The Bertz CT molecular complexity index is 780. The molecule has 5 heteroatoms. The summed E-state index contributed by atoms with van der Waals surface area (Å²) in [5.74, 6) is -1.50. The molecule has 1 N–H and O–H groups in total. The van der Waals surface area contributed by atoms with Gasteiger partial charge in [0, 0.05) is 18.0 Å². The molecule has 1 heterocycles. The Balaban J connectivity index is 2.04. The van der Waals surface area contributed by atoms with Crippen LogP contribution < -0.4 is 0 Å². The SMILES string of the molecule is C[C@@H]1CN(C(=O)c2ccccc2-c2ccccc2C(=O)O)C[C@@H]1F. The minimum Gasteiger partial charge on any atom is -0.478 e. The second-order valence-corrected chi connectivity index (χ2v) is 6.10. The van der Waals surface area contributed by atoms with E-state index in [0.717, 1.165) is 0 Å². The number of nitrogens with zero attached hydrogens (tertiary/aromatic N) is 1. The molecular formula is C19H18FNO3. The summed E-state index contributed by atoms with van der Waals surface area (Å²) in [4.78, 5) is 25.8. The van der Waals surface area contributed by atoms with Crippen LogP contribution in [0, 0.1) is 5.92 Å². The maximum atomic E-state index is 13.8. The molecule has 2 aromatic rings. The molecule has 24 heavy (non-hydrogen) atoms. The van der Waals surface area contributed by atoms with Crippen molar-refractivity contribution in [1.82, 2.24) is 4.90 Å². The Morgan fingerprint density at radius 1 is 1.00 bits per heavy atom. The van der Waals surface area contributed by atoms with E-state index in [-0.39, 0.29) is 23.9 Å². The number of hydrogen-bond donors (Lipinski definition) is 1. The van der Waals surface area contributed by atoms with Gasteiger partial charge < -0.3 is 10.0 Å². The molecule has 0 saturated carbocycles. The smallest absolute Gasteiger partial charge is 0.336 e. The fraction of sp³-hybridized carbons (Fsp3) is 0.263. The average molecular weight is 327 g/mol. The van der Waals surface area contributed by atoms with E-state index in [4.69, 9.17) is 0 Å². The summed E-state index contributed by atoms with van der Waals surface area (Å²) in [5, 5.41) is 9.39. The van der Waals surface area contributed by atoms with Gasteiger partial charge in [-0.3, -0.25) is 4.79 Å². The van der Waals surface area contributed by atoms with Crippen molar-refractivity contribution >= 4 is 11.9 Å². The summed E-state index contributed by atoms with van der Waals surface area (Å²) in [5.41, 5.74) is 1.57. The number of aromatic carboxylic acids is 1. The molecule has 1 saturated heterocycles. The zero-order chi connectivity index (χ0) is 17.3. The standard InChI is InChI=1S/C19H18FNO3/c1-12-10-21(11-17(12)20)18(22)15-8-4-2-6-13(15)14-7-3-5-9-16(14)19(23)24/h2-9,12,17H,10-11H2,1H3,(H,23,24)/t12-,17+/m1/s1. The summed E-state index contributed by atoms with van der Waals surface area (Å²) in [7, 11) is 0. The monoisotopic (exact) mass is 327 g/mol. The molecule has 0 aliphatic carbocycles. The van der Waals surface area contributed by atoms with E-state index in [9.17, 15) is 19.1 Å². The first-order chi connectivity index (χ1) is 11.5. The number of rotatable bonds is 3. The molecule has 4 nitrogen and oxygen atoms in total. The van der Waals surface area contributed by atoms with Crippen molar-refractivity contribution in [3.05, 3.63) is 59.7 Å². The third kappa shape index (κ3) is 2.89. The molecular weight excluding hydrogens is 309 g/mol. The normalized spacial score (nSPS) is 20.2. The molecule has 124 valence electrons. The van der Waals surface area contributed by atoms with Crippen LogP contribution in [0.5, 0.6) is 0 Å². The van der Waals surface area contributed by atoms with Gasteiger partial charge in [-0.15, -0.1) is 0 Å². The first-order valence-corrected chi connectivity index (χ1v) is 7.84. The molecule has 0 radical (unpaired) electrons. The van der Waals surface area contributed by atoms with Crippen molar-refractivity contribution in [2.75, 3.05) is 13.1 Å². The molecule has 1 aliphatic rings. The van der Waals surface area contributed by atoms with Crippen LogP contribution >= 0.6 is 0 Å². The molecule has 1 fully saturated rings. The number of carbonyl (C=O) groups excluding carboxylic acids is 1. The van der Waals surface area contributed by atoms with E-state index in [1.54, 1.807) is 49.4 Å². The molecule has 0 spiro atoms. The highest BCUT2D eigenvalue weighted by atomic mass is 19.1. The van der Waals surface area contributed by atoms with Gasteiger partial charge in [0.25, 0.3) is 5.91 Å². The minimum atomic E-state index is -1.05. The van der Waals surface area contributed by atoms with Crippen LogP contribution in [-0.2, 0) is 0 Å². The number of likely N-dealkylation sites (tertiary alicyclic amines) is 1. The number of amides is 1. The fourth-order valence-electron chi connectivity index (χ4n) is 3.07. The molecule has 2 atom stereocenters. The number of benzene rings is 2. The first-order valence-electron chi connectivity index (χ1n) is 7.84. The van der Waals surface area contributed by atoms with Gasteiger partial charge in [-0.05, 0) is 23.3 Å². The van der Waals surface area contributed by atoms with Gasteiger partial charge in [-0.2, -0.15) is 0 Å². The third-order valence-corrected chi connectivity index (χ3v) is 4.41. The van der Waals surface area contributed by atoms with Crippen molar-refractivity contribution in [1.29, 1.82) is 0 Å². The van der Waals surface area contributed by atoms with Gasteiger partial charge in [0.05, 0.1) is 12.1 Å². The number of carbonyl (C=O) groups is 2. The highest BCUT2D eigenvalue weighted by molar-refractivity contribution is 6.04. The molecule has 2 aromatic carbocycles. The lowest BCUT2D eigenvalue weighted by Gasteiger charge is -2.18. The maximum absolute atomic E-state index is 13.8. The van der Waals surface area contributed by atoms with Crippen molar-refractivity contribution in [3.8, 4) is 11.1 Å². The Labute approximate surface area is 139 Å². The zero-order valence-corrected chi connectivity index (χ0v) is 13.3. The molecule has 0 bridgehead atoms. The van der Waals surface area contributed by atoms with Crippen molar-refractivity contribution < 1.29 is 19.1 Å². The Kier molecular flexibility index (Phi) is 4.34. The lowest BCUT2D eigenvalue weighted by atomic mass is 9.95. The molecule has 0 aromatic heterocycles. The van der Waals surface area contributed by atoms with E-state index >= 15 is 0 Å². The lowest BCUT2D eigenvalue weighted by molar-refractivity contribution is 0.0696. The van der Waals surface area contributed by atoms with Crippen LogP contribution in [0.4, 0.5) is 4.39 Å². The molecule has 1 amide bonds. The number of hydrogen-bond acceptors (Lipinski definition) is 2. The van der Waals surface area contributed by atoms with Crippen molar-refractivity contribution in [3.63, 3.8) is 0 Å². The number of halogens is 1. The van der Waals surface area contributed by atoms with Crippen LogP contribution in [0.25, 0.3) is 11.1 Å². The van der Waals surface area contributed by atoms with E-state index in [1.807, 2.05) is 0 Å². The summed E-state index contributed by atoms with van der Waals surface area (Å²) >= 11 is 0. The molecule has 0 unspecified atom stereocenters. The maximum Gasteiger partial charge on any atom is 0.336 e. The second-order valence-electron chi connectivity index (χ2n) is 6.10. The minimum absolute atomic E-state index is 0.0783. The number of alkyl halides is 1. The van der Waals surface area contributed by atoms with Crippen LogP contribution in [0.1, 0.15) is 27.6 Å². The summed E-state index contributed by atoms with van der Waals surface area (Å²) in [6, 6.07) is 13.4. The predicted octanol–water partition coefficient (Wildman–Crippen LogP) is 3.48. The van der Waals surface area contributed by atoms with E-state index in [2.05, 4.69) is 0 Å². The van der Waals surface area contributed by atoms with Crippen LogP contribution in [-0.4, -0.2) is 41.1 Å². The highest BCUT2D eigenvalue weighted by Crippen LogP contribution is 2.30. The summed E-state index contributed by atoms with van der Waals surface area (Å²) in [6.45, 7) is 2.23. The van der Waals surface area contributed by atoms with Gasteiger partial charge in [0.2, 0.25) is 0 Å². The largest absolute Gasteiger partial charge is 0.478 e. The summed E-state index contributed by atoms with van der Waals surface area (Å²) < 4.78 is 13.8. The van der Waals surface area contributed by atoms with Crippen molar-refractivity contribution in [2.24, 2.45) is 5.92 Å². The lowest BCUT2D eigenvalue weighted by Crippen LogP contribution is -2.29. The van der Waals surface area contributed by atoms with Gasteiger partial charge >= 0.3 is 5.97 Å². The topological polar surface area (TPSA) is 57.6 Å². The fourth-order valence-corrected chi connectivity index (χ4v) is 3.07. The highest BCUT2D eigenvalue weighted by Gasteiger charge is 2.33. The third-order valence-electron chi connectivity index (χ3n) is 4.41.